The fourth-order valence-corrected chi connectivity index (χ4v) is 1.87. The van der Waals surface area contributed by atoms with Crippen molar-refractivity contribution in [1.82, 2.24) is 0 Å². The van der Waals surface area contributed by atoms with Gasteiger partial charge in [0.05, 0.1) is 13.2 Å². The van der Waals surface area contributed by atoms with Crippen LogP contribution in [0.1, 0.15) is 13.8 Å². The van der Waals surface area contributed by atoms with Crippen molar-refractivity contribution < 1.29 is 27.5 Å². The Kier molecular flexibility index (Phi) is 7.36. The molecule has 0 saturated carbocycles. The number of halogens is 2. The zero-order chi connectivity index (χ0) is 15.1. The number of ether oxygens (including phenoxy) is 2. The quantitative estimate of drug-likeness (QED) is 0.237. The Morgan fingerprint density at radius 2 is 1.74 bits per heavy atom. The van der Waals surface area contributed by atoms with E-state index in [0.29, 0.717) is 0 Å². The number of carbonyl (C=O) groups is 1. The lowest BCUT2D eigenvalue weighted by molar-refractivity contribution is -0.138. The minimum Gasteiger partial charge on any atom is -0.540 e. The van der Waals surface area contributed by atoms with E-state index in [1.54, 1.807) is 33.5 Å². The molecule has 19 heavy (non-hydrogen) atoms. The van der Waals surface area contributed by atoms with Gasteiger partial charge in [-0.1, -0.05) is 0 Å². The fraction of sp³-hybridized carbons (Fsp3) is 0.583. The monoisotopic (exact) mass is 294 g/mol. The summed E-state index contributed by atoms with van der Waals surface area (Å²) in [5.41, 5.74) is -0.397. The van der Waals surface area contributed by atoms with Crippen molar-refractivity contribution in [3.05, 3.63) is 23.7 Å². The summed E-state index contributed by atoms with van der Waals surface area (Å²) < 4.78 is 40.8. The second kappa shape index (κ2) is 7.93. The molecule has 110 valence electrons. The van der Waals surface area contributed by atoms with Gasteiger partial charge in [-0.2, -0.15) is 8.78 Å². The maximum atomic E-state index is 13.0. The van der Waals surface area contributed by atoms with Gasteiger partial charge in [0.25, 0.3) is 0 Å². The summed E-state index contributed by atoms with van der Waals surface area (Å²) in [6.45, 7) is 8.80. The smallest absolute Gasteiger partial charge is 0.345 e. The maximum Gasteiger partial charge on any atom is 0.345 e. The molecular formula is C12H20F2O4Si. The van der Waals surface area contributed by atoms with Crippen LogP contribution in [0.2, 0.25) is 19.6 Å². The van der Waals surface area contributed by atoms with E-state index in [-0.39, 0.29) is 13.2 Å². The van der Waals surface area contributed by atoms with Crippen molar-refractivity contribution in [1.29, 1.82) is 0 Å². The van der Waals surface area contributed by atoms with E-state index in [1.165, 1.54) is 0 Å². The summed E-state index contributed by atoms with van der Waals surface area (Å²) in [7, 11) is -2.30. The third-order valence-corrected chi connectivity index (χ3v) is 2.50. The number of carbonyl (C=O) groups excluding carboxylic acids is 1. The van der Waals surface area contributed by atoms with Crippen molar-refractivity contribution in [2.45, 2.75) is 33.5 Å². The zero-order valence-corrected chi connectivity index (χ0v) is 12.9. The summed E-state index contributed by atoms with van der Waals surface area (Å²) in [6.07, 6.45) is -1.12. The first kappa shape index (κ1) is 17.6. The lowest BCUT2D eigenvalue weighted by atomic mass is 10.2. The molecular weight excluding hydrogens is 274 g/mol. The van der Waals surface area contributed by atoms with Crippen molar-refractivity contribution in [2.24, 2.45) is 0 Å². The minimum atomic E-state index is -2.30. The third-order valence-electron chi connectivity index (χ3n) is 1.69. The number of hydrogen-bond donors (Lipinski definition) is 0. The highest BCUT2D eigenvalue weighted by atomic mass is 28.4. The predicted octanol–water partition coefficient (Wildman–Crippen LogP) is 3.43. The Morgan fingerprint density at radius 1 is 1.16 bits per heavy atom. The van der Waals surface area contributed by atoms with Crippen molar-refractivity contribution >= 4 is 14.3 Å². The lowest BCUT2D eigenvalue weighted by Gasteiger charge is -2.21. The van der Waals surface area contributed by atoms with Crippen LogP contribution in [-0.2, 0) is 18.7 Å². The molecule has 0 aliphatic carbocycles. The molecule has 0 rings (SSSR count). The molecule has 0 unspecified atom stereocenters. The van der Waals surface area contributed by atoms with E-state index in [9.17, 15) is 13.6 Å². The van der Waals surface area contributed by atoms with Crippen molar-refractivity contribution in [3.63, 3.8) is 0 Å². The zero-order valence-electron chi connectivity index (χ0n) is 11.9. The fourth-order valence-electron chi connectivity index (χ4n) is 1.07. The van der Waals surface area contributed by atoms with Crippen LogP contribution in [0.4, 0.5) is 8.78 Å². The Hall–Kier alpha value is -1.37. The SMILES string of the molecule is CCOC=C(C(=O)OCC)C(O[Si](C)(C)C)=C(F)F. The molecule has 0 saturated heterocycles. The first-order valence-electron chi connectivity index (χ1n) is 5.96. The van der Waals surface area contributed by atoms with Crippen LogP contribution in [-0.4, -0.2) is 27.5 Å². The van der Waals surface area contributed by atoms with Gasteiger partial charge < -0.3 is 13.9 Å². The Labute approximate surface area is 113 Å². The summed E-state index contributed by atoms with van der Waals surface area (Å²) >= 11 is 0. The largest absolute Gasteiger partial charge is 0.540 e. The summed E-state index contributed by atoms with van der Waals surface area (Å²) in [4.78, 5) is 11.7. The topological polar surface area (TPSA) is 44.8 Å². The lowest BCUT2D eigenvalue weighted by Crippen LogP contribution is -2.27. The van der Waals surface area contributed by atoms with E-state index >= 15 is 0 Å². The molecule has 0 spiro atoms. The highest BCUT2D eigenvalue weighted by Crippen LogP contribution is 2.24. The van der Waals surface area contributed by atoms with Crippen LogP contribution in [0.3, 0.4) is 0 Å². The molecule has 0 heterocycles. The Balaban J connectivity index is 5.41. The molecule has 0 atom stereocenters. The molecule has 0 aromatic heterocycles. The predicted molar refractivity (Wildman–Crippen MR) is 70.0 cm³/mol. The summed E-state index contributed by atoms with van der Waals surface area (Å²) in [5, 5.41) is 0. The van der Waals surface area contributed by atoms with Crippen LogP contribution in [0.5, 0.6) is 0 Å². The number of hydrogen-bond acceptors (Lipinski definition) is 4. The molecule has 0 bridgehead atoms. The van der Waals surface area contributed by atoms with Gasteiger partial charge in [0.15, 0.2) is 5.76 Å². The maximum absolute atomic E-state index is 13.0. The highest BCUT2D eigenvalue weighted by Gasteiger charge is 2.28. The molecule has 0 aromatic rings. The van der Waals surface area contributed by atoms with Crippen LogP contribution < -0.4 is 0 Å². The van der Waals surface area contributed by atoms with Gasteiger partial charge in [-0.25, -0.2) is 4.79 Å². The average Bonchev–Trinajstić information content (AvgIpc) is 2.26. The van der Waals surface area contributed by atoms with E-state index in [0.717, 1.165) is 6.26 Å². The van der Waals surface area contributed by atoms with Gasteiger partial charge in [-0.15, -0.1) is 0 Å². The van der Waals surface area contributed by atoms with E-state index < -0.39 is 31.7 Å². The number of rotatable bonds is 7. The third kappa shape index (κ3) is 6.95. The molecule has 4 nitrogen and oxygen atoms in total. The molecule has 0 fully saturated rings. The number of esters is 1. The van der Waals surface area contributed by atoms with Gasteiger partial charge in [0.1, 0.15) is 11.8 Å². The molecule has 0 aliphatic rings. The minimum absolute atomic E-state index is 0.0798. The van der Waals surface area contributed by atoms with E-state index in [4.69, 9.17) is 13.9 Å². The summed E-state index contributed by atoms with van der Waals surface area (Å²) in [6, 6.07) is 0. The van der Waals surface area contributed by atoms with Crippen LogP contribution in [0.25, 0.3) is 0 Å². The average molecular weight is 294 g/mol. The van der Waals surface area contributed by atoms with Gasteiger partial charge in [-0.05, 0) is 33.5 Å². The Morgan fingerprint density at radius 3 is 2.11 bits per heavy atom. The Bertz CT molecular complexity index is 368. The second-order valence-corrected chi connectivity index (χ2v) is 8.94. The van der Waals surface area contributed by atoms with Crippen LogP contribution in [0, 0.1) is 0 Å². The van der Waals surface area contributed by atoms with Crippen LogP contribution >= 0.6 is 0 Å². The first-order chi connectivity index (χ1) is 8.72. The highest BCUT2D eigenvalue weighted by molar-refractivity contribution is 6.70. The van der Waals surface area contributed by atoms with Gasteiger partial charge in [0.2, 0.25) is 8.32 Å². The molecule has 0 radical (unpaired) electrons. The second-order valence-electron chi connectivity index (χ2n) is 4.51. The molecule has 0 aromatic carbocycles. The molecule has 0 amide bonds. The normalized spacial score (nSPS) is 11.8. The van der Waals surface area contributed by atoms with Gasteiger partial charge >= 0.3 is 12.0 Å². The van der Waals surface area contributed by atoms with Crippen molar-refractivity contribution in [2.75, 3.05) is 13.2 Å². The van der Waals surface area contributed by atoms with Crippen LogP contribution in [0.15, 0.2) is 23.7 Å². The van der Waals surface area contributed by atoms with E-state index in [2.05, 4.69) is 0 Å². The van der Waals surface area contributed by atoms with Gasteiger partial charge in [-0.3, -0.25) is 0 Å². The van der Waals surface area contributed by atoms with Gasteiger partial charge in [0, 0.05) is 0 Å². The van der Waals surface area contributed by atoms with Crippen molar-refractivity contribution in [3.8, 4) is 0 Å². The van der Waals surface area contributed by atoms with E-state index in [1.807, 2.05) is 0 Å². The molecule has 7 heteroatoms. The molecule has 0 aliphatic heterocycles. The standard InChI is InChI=1S/C12H20F2O4Si/c1-6-16-8-9(12(15)17-7-2)10(11(13)14)18-19(3,4)5/h8H,6-7H2,1-5H3. The first-order valence-corrected chi connectivity index (χ1v) is 9.37. The molecule has 0 N–H and O–H groups in total. The summed E-state index contributed by atoms with van der Waals surface area (Å²) in [5.74, 6) is -1.65.